The van der Waals surface area contributed by atoms with Gasteiger partial charge in [0.1, 0.15) is 0 Å². The number of hydrogen-bond acceptors (Lipinski definition) is 1. The molecule has 0 radical (unpaired) electrons. The van der Waals surface area contributed by atoms with Crippen molar-refractivity contribution in [2.45, 2.75) is 13.3 Å². The molecule has 8 bridgehead atoms. The fourth-order valence-corrected chi connectivity index (χ4v) is 3.63. The Kier molecular flexibility index (Phi) is 3.39. The van der Waals surface area contributed by atoms with Gasteiger partial charge in [-0.25, -0.2) is 4.98 Å². The Bertz CT molecular complexity index is 1130. The van der Waals surface area contributed by atoms with Crippen LogP contribution in [0, 0.1) is 0 Å². The number of hydrogen-bond donors (Lipinski definition) is 2. The number of fused-ring (bicyclic) bond motifs is 8. The van der Waals surface area contributed by atoms with Crippen LogP contribution < -0.4 is 0 Å². The van der Waals surface area contributed by atoms with E-state index in [-0.39, 0.29) is 0 Å². The molecule has 0 spiro atoms. The molecule has 2 aliphatic rings. The highest BCUT2D eigenvalue weighted by Gasteiger charge is 2.07. The number of rotatable bonds is 1. The quantitative estimate of drug-likeness (QED) is 0.397. The first-order chi connectivity index (χ1) is 12.8. The van der Waals surface area contributed by atoms with Gasteiger partial charge in [-0.2, -0.15) is 0 Å². The third-order valence-electron chi connectivity index (χ3n) is 4.87. The van der Waals surface area contributed by atoms with Gasteiger partial charge in [0.05, 0.1) is 11.4 Å². The maximum Gasteiger partial charge on any atom is 0.0658 e. The van der Waals surface area contributed by atoms with E-state index in [0.717, 1.165) is 39.9 Å². The Morgan fingerprint density at radius 2 is 1.12 bits per heavy atom. The van der Waals surface area contributed by atoms with Crippen LogP contribution in [0.5, 0.6) is 0 Å². The van der Waals surface area contributed by atoms with Crippen molar-refractivity contribution in [1.82, 2.24) is 15.0 Å². The maximum atomic E-state index is 4.67. The Morgan fingerprint density at radius 1 is 0.654 bits per heavy atom. The number of aromatic nitrogens is 3. The topological polar surface area (TPSA) is 44.5 Å². The lowest BCUT2D eigenvalue weighted by atomic mass is 10.1. The summed E-state index contributed by atoms with van der Waals surface area (Å²) in [5, 5.41) is 0. The van der Waals surface area contributed by atoms with Gasteiger partial charge in [0.2, 0.25) is 0 Å². The second-order valence-electron chi connectivity index (χ2n) is 6.69. The molecule has 0 unspecified atom stereocenters. The summed E-state index contributed by atoms with van der Waals surface area (Å²) in [7, 11) is 0. The lowest BCUT2D eigenvalue weighted by molar-refractivity contribution is 1.14. The first-order valence-electron chi connectivity index (χ1n) is 8.96. The van der Waals surface area contributed by atoms with Crippen molar-refractivity contribution in [2.75, 3.05) is 0 Å². The van der Waals surface area contributed by atoms with Crippen LogP contribution in [-0.4, -0.2) is 15.0 Å². The first-order valence-corrected chi connectivity index (χ1v) is 8.96. The molecule has 3 nitrogen and oxygen atoms in total. The number of aromatic amines is 2. The average Bonchev–Trinajstić information content (AvgIpc) is 3.39. The van der Waals surface area contributed by atoms with Crippen molar-refractivity contribution in [3.8, 4) is 0 Å². The second kappa shape index (κ2) is 5.88. The summed E-state index contributed by atoms with van der Waals surface area (Å²) in [4.78, 5) is 11.6. The summed E-state index contributed by atoms with van der Waals surface area (Å²) in [6.07, 6.45) is 9.49. The molecular formula is C23H19N3. The highest BCUT2D eigenvalue weighted by Crippen LogP contribution is 2.25. The van der Waals surface area contributed by atoms with Crippen molar-refractivity contribution in [3.63, 3.8) is 0 Å². The largest absolute Gasteiger partial charge is 0.355 e. The highest BCUT2D eigenvalue weighted by atomic mass is 14.7. The molecule has 1 aliphatic heterocycles. The van der Waals surface area contributed by atoms with Gasteiger partial charge in [0.15, 0.2) is 0 Å². The highest BCUT2D eigenvalue weighted by molar-refractivity contribution is 5.83. The third-order valence-corrected chi connectivity index (χ3v) is 4.87. The average molecular weight is 337 g/mol. The van der Waals surface area contributed by atoms with Gasteiger partial charge in [0, 0.05) is 22.1 Å². The summed E-state index contributed by atoms with van der Waals surface area (Å²) >= 11 is 0. The molecule has 2 N–H and O–H groups in total. The lowest BCUT2D eigenvalue weighted by Gasteiger charge is -1.97. The SMILES string of the molecule is CCc1c2cc3ccc(cc4nc(cc5ccc(cc1C=C2)[nH]5)C=C4)[nH]3. The number of H-pyrrole nitrogens is 2. The molecule has 0 saturated carbocycles. The molecular weight excluding hydrogens is 318 g/mol. The third kappa shape index (κ3) is 2.68. The number of nitrogens with one attached hydrogen (secondary N) is 2. The van der Waals surface area contributed by atoms with Crippen molar-refractivity contribution < 1.29 is 0 Å². The summed E-state index contributed by atoms with van der Waals surface area (Å²) in [6, 6.07) is 17.0. The lowest BCUT2D eigenvalue weighted by Crippen LogP contribution is -1.83. The maximum absolute atomic E-state index is 4.67. The van der Waals surface area contributed by atoms with E-state index in [2.05, 4.69) is 82.6 Å². The molecule has 0 atom stereocenters. The molecule has 126 valence electrons. The van der Waals surface area contributed by atoms with Crippen molar-refractivity contribution in [2.24, 2.45) is 0 Å². The van der Waals surface area contributed by atoms with E-state index >= 15 is 0 Å². The molecule has 4 heterocycles. The smallest absolute Gasteiger partial charge is 0.0658 e. The molecule has 1 aliphatic carbocycles. The van der Waals surface area contributed by atoms with Crippen LogP contribution in [0.25, 0.3) is 46.4 Å². The molecule has 3 aromatic rings. The Balaban J connectivity index is 1.88. The van der Waals surface area contributed by atoms with Gasteiger partial charge >= 0.3 is 0 Å². The van der Waals surface area contributed by atoms with Crippen LogP contribution in [0.3, 0.4) is 0 Å². The fourth-order valence-electron chi connectivity index (χ4n) is 3.63. The summed E-state index contributed by atoms with van der Waals surface area (Å²) < 4.78 is 0. The van der Waals surface area contributed by atoms with Crippen LogP contribution in [-0.2, 0) is 6.42 Å². The van der Waals surface area contributed by atoms with Crippen LogP contribution in [0.4, 0.5) is 0 Å². The Labute approximate surface area is 151 Å². The van der Waals surface area contributed by atoms with Crippen LogP contribution in [0.15, 0.2) is 48.5 Å². The number of nitrogens with zero attached hydrogens (tertiary/aromatic N) is 1. The summed E-state index contributed by atoms with van der Waals surface area (Å²) in [6.45, 7) is 2.21. The minimum Gasteiger partial charge on any atom is -0.355 e. The normalized spacial score (nSPS) is 12.7. The minimum atomic E-state index is 0.958. The predicted molar refractivity (Wildman–Crippen MR) is 110 cm³/mol. The summed E-state index contributed by atoms with van der Waals surface area (Å²) in [5.41, 5.74) is 10.2. The minimum absolute atomic E-state index is 0.958. The van der Waals surface area contributed by atoms with E-state index in [9.17, 15) is 0 Å². The van der Waals surface area contributed by atoms with Crippen LogP contribution in [0.2, 0.25) is 0 Å². The molecule has 0 amide bonds. The van der Waals surface area contributed by atoms with Crippen LogP contribution >= 0.6 is 0 Å². The Morgan fingerprint density at radius 3 is 1.58 bits per heavy atom. The van der Waals surface area contributed by atoms with Crippen molar-refractivity contribution in [3.05, 3.63) is 76.6 Å². The monoisotopic (exact) mass is 337 g/mol. The molecule has 0 aromatic carbocycles. The van der Waals surface area contributed by atoms with E-state index in [1.54, 1.807) is 0 Å². The van der Waals surface area contributed by atoms with E-state index in [1.807, 2.05) is 12.2 Å². The molecule has 3 aromatic heterocycles. The zero-order valence-corrected chi connectivity index (χ0v) is 14.6. The van der Waals surface area contributed by atoms with Gasteiger partial charge < -0.3 is 9.97 Å². The second-order valence-corrected chi connectivity index (χ2v) is 6.69. The van der Waals surface area contributed by atoms with E-state index < -0.39 is 0 Å². The van der Waals surface area contributed by atoms with Gasteiger partial charge in [-0.05, 0) is 83.8 Å². The van der Waals surface area contributed by atoms with E-state index in [1.165, 1.54) is 16.7 Å². The predicted octanol–water partition coefficient (Wildman–Crippen LogP) is 5.82. The molecule has 5 rings (SSSR count). The van der Waals surface area contributed by atoms with Gasteiger partial charge in [-0.3, -0.25) is 0 Å². The zero-order valence-electron chi connectivity index (χ0n) is 14.6. The molecule has 26 heavy (non-hydrogen) atoms. The molecule has 3 heteroatoms. The Hall–Kier alpha value is -3.33. The van der Waals surface area contributed by atoms with Crippen LogP contribution in [0.1, 0.15) is 35.0 Å². The van der Waals surface area contributed by atoms with E-state index in [0.29, 0.717) is 0 Å². The van der Waals surface area contributed by atoms with Crippen molar-refractivity contribution in [1.29, 1.82) is 0 Å². The standard InChI is InChI=1S/C23H19N3/c1-2-23-15-3-4-16(23)12-18-6-8-20(25-18)14-22-10-9-21(26-22)13-19-7-5-17(11-15)24-19/h3-14,24-25H,2H2,1H3. The van der Waals surface area contributed by atoms with Crippen molar-refractivity contribution >= 4 is 46.4 Å². The fraction of sp³-hybridized carbons (Fsp3) is 0.0870. The zero-order chi connectivity index (χ0) is 17.5. The summed E-state index contributed by atoms with van der Waals surface area (Å²) in [5.74, 6) is 0. The van der Waals surface area contributed by atoms with Gasteiger partial charge in [0.25, 0.3) is 0 Å². The van der Waals surface area contributed by atoms with Gasteiger partial charge in [-0.15, -0.1) is 0 Å². The molecule has 0 saturated heterocycles. The van der Waals surface area contributed by atoms with Gasteiger partial charge in [-0.1, -0.05) is 19.1 Å². The first kappa shape index (κ1) is 15.0. The molecule has 0 fully saturated rings. The van der Waals surface area contributed by atoms with E-state index in [4.69, 9.17) is 0 Å².